The van der Waals surface area contributed by atoms with E-state index in [0.29, 0.717) is 6.61 Å². The third-order valence-electron chi connectivity index (χ3n) is 3.58. The maximum Gasteiger partial charge on any atom is 0.125 e. The van der Waals surface area contributed by atoms with Gasteiger partial charge in [0.05, 0.1) is 6.10 Å². The summed E-state index contributed by atoms with van der Waals surface area (Å²) >= 11 is 0. The lowest BCUT2D eigenvalue weighted by atomic mass is 10.1. The number of hydrogen-bond donors (Lipinski definition) is 1. The molecule has 2 heteroatoms. The highest BCUT2D eigenvalue weighted by Crippen LogP contribution is 2.27. The molecule has 2 aromatic rings. The first-order valence-corrected chi connectivity index (χ1v) is 6.95. The maximum atomic E-state index is 9.79. The first-order chi connectivity index (χ1) is 9.47. The average Bonchev–Trinajstić information content (AvgIpc) is 2.40. The van der Waals surface area contributed by atoms with Crippen molar-refractivity contribution in [1.82, 2.24) is 0 Å². The second-order valence-electron chi connectivity index (χ2n) is 5.42. The molecule has 106 valence electrons. The Morgan fingerprint density at radius 3 is 2.40 bits per heavy atom. The predicted molar refractivity (Wildman–Crippen MR) is 82.1 cm³/mol. The van der Waals surface area contributed by atoms with Gasteiger partial charge in [-0.25, -0.2) is 0 Å². The Balaban J connectivity index is 2.17. The predicted octanol–water partition coefficient (Wildman–Crippen LogP) is 4.24. The number of aryl methyl sites for hydroxylation is 3. The Kier molecular flexibility index (Phi) is 4.46. The number of rotatable bonds is 4. The first-order valence-electron chi connectivity index (χ1n) is 6.95. The summed E-state index contributed by atoms with van der Waals surface area (Å²) in [6.07, 6.45) is -0.523. The number of ether oxygens (including phenoxy) is 1. The van der Waals surface area contributed by atoms with E-state index >= 15 is 0 Å². The molecule has 0 aliphatic heterocycles. The number of benzene rings is 2. The van der Waals surface area contributed by atoms with Crippen molar-refractivity contribution < 1.29 is 9.84 Å². The summed E-state index contributed by atoms with van der Waals surface area (Å²) in [6, 6.07) is 12.2. The number of aliphatic hydroxyl groups is 1. The molecule has 2 aromatic carbocycles. The minimum atomic E-state index is -0.523. The summed E-state index contributed by atoms with van der Waals surface area (Å²) in [7, 11) is 0. The molecule has 2 nitrogen and oxygen atoms in total. The summed E-state index contributed by atoms with van der Waals surface area (Å²) in [4.78, 5) is 0. The summed E-state index contributed by atoms with van der Waals surface area (Å²) in [5.41, 5.74) is 5.66. The van der Waals surface area contributed by atoms with Crippen LogP contribution in [0.5, 0.6) is 5.75 Å². The SMILES string of the molecule is Cc1ccc([C@H](C)O)c(OCc2ccc(C)c(C)c2)c1. The van der Waals surface area contributed by atoms with E-state index < -0.39 is 6.10 Å². The minimum absolute atomic E-state index is 0.518. The molecule has 0 aliphatic rings. The summed E-state index contributed by atoms with van der Waals surface area (Å²) in [6.45, 7) is 8.51. The second kappa shape index (κ2) is 6.10. The van der Waals surface area contributed by atoms with Crippen molar-refractivity contribution in [2.24, 2.45) is 0 Å². The van der Waals surface area contributed by atoms with Gasteiger partial charge in [-0.05, 0) is 56.0 Å². The van der Waals surface area contributed by atoms with Crippen LogP contribution in [0.4, 0.5) is 0 Å². The molecule has 0 aromatic heterocycles. The van der Waals surface area contributed by atoms with Gasteiger partial charge in [0.2, 0.25) is 0 Å². The lowest BCUT2D eigenvalue weighted by Gasteiger charge is -2.15. The largest absolute Gasteiger partial charge is 0.489 e. The van der Waals surface area contributed by atoms with Crippen molar-refractivity contribution in [3.8, 4) is 5.75 Å². The Hall–Kier alpha value is -1.80. The molecule has 0 saturated heterocycles. The van der Waals surface area contributed by atoms with Gasteiger partial charge in [0.15, 0.2) is 0 Å². The molecule has 0 amide bonds. The minimum Gasteiger partial charge on any atom is -0.489 e. The van der Waals surface area contributed by atoms with E-state index in [-0.39, 0.29) is 0 Å². The van der Waals surface area contributed by atoms with E-state index in [1.54, 1.807) is 6.92 Å². The van der Waals surface area contributed by atoms with Crippen LogP contribution in [0.25, 0.3) is 0 Å². The van der Waals surface area contributed by atoms with Gasteiger partial charge in [0.25, 0.3) is 0 Å². The molecule has 20 heavy (non-hydrogen) atoms. The van der Waals surface area contributed by atoms with Crippen molar-refractivity contribution in [2.45, 2.75) is 40.4 Å². The lowest BCUT2D eigenvalue weighted by molar-refractivity contribution is 0.190. The third kappa shape index (κ3) is 3.40. The van der Waals surface area contributed by atoms with E-state index in [4.69, 9.17) is 4.74 Å². The van der Waals surface area contributed by atoms with Crippen molar-refractivity contribution in [1.29, 1.82) is 0 Å². The highest BCUT2D eigenvalue weighted by atomic mass is 16.5. The van der Waals surface area contributed by atoms with Crippen LogP contribution in [-0.4, -0.2) is 5.11 Å². The molecular weight excluding hydrogens is 248 g/mol. The summed E-state index contributed by atoms with van der Waals surface area (Å²) in [5, 5.41) is 9.79. The van der Waals surface area contributed by atoms with Crippen molar-refractivity contribution >= 4 is 0 Å². The first kappa shape index (κ1) is 14.6. The van der Waals surface area contributed by atoms with E-state index in [2.05, 4.69) is 32.0 Å². The fourth-order valence-electron chi connectivity index (χ4n) is 2.17. The standard InChI is InChI=1S/C18H22O2/c1-12-5-8-17(15(4)19)18(9-12)20-11-16-7-6-13(2)14(3)10-16/h5-10,15,19H,11H2,1-4H3/t15-/m0/s1. The van der Waals surface area contributed by atoms with Crippen LogP contribution in [0, 0.1) is 20.8 Å². The van der Waals surface area contributed by atoms with Gasteiger partial charge in [-0.3, -0.25) is 0 Å². The van der Waals surface area contributed by atoms with Crippen LogP contribution in [0.3, 0.4) is 0 Å². The van der Waals surface area contributed by atoms with Crippen LogP contribution in [0.1, 0.15) is 40.8 Å². The zero-order valence-electron chi connectivity index (χ0n) is 12.6. The monoisotopic (exact) mass is 270 g/mol. The molecule has 1 atom stereocenters. The van der Waals surface area contributed by atoms with E-state index in [9.17, 15) is 5.11 Å². The highest BCUT2D eigenvalue weighted by Gasteiger charge is 2.09. The van der Waals surface area contributed by atoms with Gasteiger partial charge in [0, 0.05) is 5.56 Å². The molecule has 0 fully saturated rings. The van der Waals surface area contributed by atoms with Gasteiger partial charge < -0.3 is 9.84 Å². The normalized spacial score (nSPS) is 12.2. The summed E-state index contributed by atoms with van der Waals surface area (Å²) in [5.74, 6) is 0.762. The van der Waals surface area contributed by atoms with E-state index in [1.807, 2.05) is 25.1 Å². The Morgan fingerprint density at radius 2 is 1.75 bits per heavy atom. The summed E-state index contributed by atoms with van der Waals surface area (Å²) < 4.78 is 5.90. The van der Waals surface area contributed by atoms with E-state index in [0.717, 1.165) is 22.4 Å². The quantitative estimate of drug-likeness (QED) is 0.900. The van der Waals surface area contributed by atoms with Crippen molar-refractivity contribution in [2.75, 3.05) is 0 Å². The van der Waals surface area contributed by atoms with Crippen LogP contribution in [-0.2, 0) is 6.61 Å². The Bertz CT molecular complexity index is 600. The van der Waals surface area contributed by atoms with Gasteiger partial charge in [-0.1, -0.05) is 30.3 Å². The molecule has 0 radical (unpaired) electrons. The van der Waals surface area contributed by atoms with Crippen LogP contribution in [0.2, 0.25) is 0 Å². The molecule has 2 rings (SSSR count). The molecule has 0 spiro atoms. The Labute approximate surface area is 121 Å². The van der Waals surface area contributed by atoms with Crippen LogP contribution >= 0.6 is 0 Å². The van der Waals surface area contributed by atoms with Crippen LogP contribution in [0.15, 0.2) is 36.4 Å². The molecule has 0 aliphatic carbocycles. The van der Waals surface area contributed by atoms with Gasteiger partial charge >= 0.3 is 0 Å². The third-order valence-corrected chi connectivity index (χ3v) is 3.58. The molecule has 1 N–H and O–H groups in total. The van der Waals surface area contributed by atoms with Gasteiger partial charge in [0.1, 0.15) is 12.4 Å². The van der Waals surface area contributed by atoms with Gasteiger partial charge in [-0.2, -0.15) is 0 Å². The van der Waals surface area contributed by atoms with E-state index in [1.165, 1.54) is 11.1 Å². The smallest absolute Gasteiger partial charge is 0.125 e. The fraction of sp³-hybridized carbons (Fsp3) is 0.333. The van der Waals surface area contributed by atoms with Crippen LogP contribution < -0.4 is 4.74 Å². The topological polar surface area (TPSA) is 29.5 Å². The Morgan fingerprint density at radius 1 is 1.00 bits per heavy atom. The molecule has 0 saturated carbocycles. The second-order valence-corrected chi connectivity index (χ2v) is 5.42. The fourth-order valence-corrected chi connectivity index (χ4v) is 2.17. The molecule has 0 bridgehead atoms. The van der Waals surface area contributed by atoms with Gasteiger partial charge in [-0.15, -0.1) is 0 Å². The molecular formula is C18H22O2. The zero-order chi connectivity index (χ0) is 14.7. The lowest BCUT2D eigenvalue weighted by Crippen LogP contribution is -2.02. The molecule has 0 heterocycles. The van der Waals surface area contributed by atoms with Crippen molar-refractivity contribution in [3.63, 3.8) is 0 Å². The van der Waals surface area contributed by atoms with Crippen molar-refractivity contribution in [3.05, 3.63) is 64.2 Å². The maximum absolute atomic E-state index is 9.79. The highest BCUT2D eigenvalue weighted by molar-refractivity contribution is 5.39. The molecule has 0 unspecified atom stereocenters. The number of hydrogen-bond acceptors (Lipinski definition) is 2. The zero-order valence-corrected chi connectivity index (χ0v) is 12.6. The number of aliphatic hydroxyl groups excluding tert-OH is 1. The average molecular weight is 270 g/mol.